The van der Waals surface area contributed by atoms with Crippen molar-refractivity contribution in [1.82, 2.24) is 15.3 Å². The number of aromatic nitrogens is 2. The smallest absolute Gasteiger partial charge is 0.245 e. The van der Waals surface area contributed by atoms with Crippen LogP contribution in [-0.4, -0.2) is 42.4 Å². The molecule has 1 aliphatic rings. The second-order valence-electron chi connectivity index (χ2n) is 8.58. The summed E-state index contributed by atoms with van der Waals surface area (Å²) >= 11 is 0. The Morgan fingerprint density at radius 1 is 1.09 bits per heavy atom. The molecule has 2 atom stereocenters. The second kappa shape index (κ2) is 10.2. The van der Waals surface area contributed by atoms with Crippen LogP contribution in [0.1, 0.15) is 25.3 Å². The Labute approximate surface area is 199 Å². The fourth-order valence-electron chi connectivity index (χ4n) is 4.51. The van der Waals surface area contributed by atoms with E-state index in [0.717, 1.165) is 53.8 Å². The predicted molar refractivity (Wildman–Crippen MR) is 133 cm³/mol. The van der Waals surface area contributed by atoms with Gasteiger partial charge in [0.1, 0.15) is 30.3 Å². The summed E-state index contributed by atoms with van der Waals surface area (Å²) in [6.07, 6.45) is 5.33. The van der Waals surface area contributed by atoms with Gasteiger partial charge in [0.15, 0.2) is 5.75 Å². The maximum atomic E-state index is 6.51. The average Bonchev–Trinajstić information content (AvgIpc) is 3.42. The Morgan fingerprint density at radius 3 is 2.71 bits per heavy atom. The molecule has 0 spiro atoms. The minimum Gasteiger partial charge on any atom is -0.484 e. The highest BCUT2D eigenvalue weighted by Gasteiger charge is 2.28. The zero-order chi connectivity index (χ0) is 23.3. The van der Waals surface area contributed by atoms with Gasteiger partial charge in [-0.05, 0) is 24.1 Å². The largest absolute Gasteiger partial charge is 0.484 e. The van der Waals surface area contributed by atoms with Gasteiger partial charge in [0.25, 0.3) is 0 Å². The molecule has 5 rings (SSSR count). The monoisotopic (exact) mass is 458 g/mol. The number of oxazole rings is 1. The Kier molecular flexibility index (Phi) is 6.74. The number of rotatable bonds is 8. The molecule has 1 fully saturated rings. The zero-order valence-electron chi connectivity index (χ0n) is 19.6. The molecule has 2 aromatic heterocycles. The van der Waals surface area contributed by atoms with E-state index in [9.17, 15) is 0 Å². The first-order chi connectivity index (χ1) is 16.7. The summed E-state index contributed by atoms with van der Waals surface area (Å²) in [5, 5.41) is 4.61. The predicted octanol–water partition coefficient (Wildman–Crippen LogP) is 5.02. The van der Waals surface area contributed by atoms with Crippen LogP contribution >= 0.6 is 0 Å². The SMILES string of the molecule is CCCC1CN(c2ccc3ccc(-c4ncco4)nc3c2OCc2ccccc2)CC(OC)N1. The molecular formula is C27H30N4O3. The van der Waals surface area contributed by atoms with Crippen LogP contribution in [0.15, 0.2) is 71.5 Å². The van der Waals surface area contributed by atoms with Gasteiger partial charge in [0, 0.05) is 25.1 Å². The number of piperazine rings is 1. The van der Waals surface area contributed by atoms with E-state index >= 15 is 0 Å². The molecule has 0 radical (unpaired) electrons. The number of benzene rings is 2. The molecule has 4 aromatic rings. The summed E-state index contributed by atoms with van der Waals surface area (Å²) in [7, 11) is 1.75. The Balaban J connectivity index is 1.57. The van der Waals surface area contributed by atoms with Crippen molar-refractivity contribution < 1.29 is 13.9 Å². The number of pyridine rings is 1. The summed E-state index contributed by atoms with van der Waals surface area (Å²) in [6, 6.07) is 18.7. The number of hydrogen-bond donors (Lipinski definition) is 1. The average molecular weight is 459 g/mol. The third kappa shape index (κ3) is 4.76. The van der Waals surface area contributed by atoms with Crippen LogP contribution in [0.25, 0.3) is 22.5 Å². The van der Waals surface area contributed by atoms with Gasteiger partial charge in [-0.1, -0.05) is 55.8 Å². The van der Waals surface area contributed by atoms with Gasteiger partial charge in [-0.15, -0.1) is 0 Å². The third-order valence-electron chi connectivity index (χ3n) is 6.18. The van der Waals surface area contributed by atoms with E-state index in [-0.39, 0.29) is 6.23 Å². The molecule has 0 aliphatic carbocycles. The summed E-state index contributed by atoms with van der Waals surface area (Å²) in [5.74, 6) is 1.26. The van der Waals surface area contributed by atoms with Crippen molar-refractivity contribution in [1.29, 1.82) is 0 Å². The lowest BCUT2D eigenvalue weighted by Gasteiger charge is -2.40. The normalized spacial score (nSPS) is 18.4. The van der Waals surface area contributed by atoms with Crippen molar-refractivity contribution in [3.63, 3.8) is 0 Å². The molecular weight excluding hydrogens is 428 g/mol. The van der Waals surface area contributed by atoms with Gasteiger partial charge in [-0.25, -0.2) is 9.97 Å². The van der Waals surface area contributed by atoms with E-state index < -0.39 is 0 Å². The zero-order valence-corrected chi connectivity index (χ0v) is 19.6. The van der Waals surface area contributed by atoms with Crippen LogP contribution in [-0.2, 0) is 11.3 Å². The number of ether oxygens (including phenoxy) is 2. The first-order valence-corrected chi connectivity index (χ1v) is 11.8. The number of nitrogens with one attached hydrogen (secondary N) is 1. The topological polar surface area (TPSA) is 72.7 Å². The van der Waals surface area contributed by atoms with Gasteiger partial charge >= 0.3 is 0 Å². The fraction of sp³-hybridized carbons (Fsp3) is 0.333. The number of nitrogens with zero attached hydrogens (tertiary/aromatic N) is 3. The summed E-state index contributed by atoms with van der Waals surface area (Å²) < 4.78 is 17.7. The first-order valence-electron chi connectivity index (χ1n) is 11.8. The van der Waals surface area contributed by atoms with Crippen LogP contribution in [0.2, 0.25) is 0 Å². The minimum atomic E-state index is -0.0467. The fourth-order valence-corrected chi connectivity index (χ4v) is 4.51. The lowest BCUT2D eigenvalue weighted by atomic mass is 10.1. The van der Waals surface area contributed by atoms with Gasteiger partial charge in [0.2, 0.25) is 5.89 Å². The van der Waals surface area contributed by atoms with E-state index in [2.05, 4.69) is 46.4 Å². The molecule has 2 unspecified atom stereocenters. The van der Waals surface area contributed by atoms with Crippen LogP contribution in [0.3, 0.4) is 0 Å². The lowest BCUT2D eigenvalue weighted by molar-refractivity contribution is 0.0545. The van der Waals surface area contributed by atoms with E-state index in [0.29, 0.717) is 24.2 Å². The van der Waals surface area contributed by atoms with Crippen molar-refractivity contribution in [3.8, 4) is 17.3 Å². The standard InChI is InChI=1S/C27H30N4O3/c1-3-7-21-16-31(17-24(29-21)32-2)23-13-11-20-10-12-22(27-28-14-15-33-27)30-25(20)26(23)34-18-19-8-5-4-6-9-19/h4-6,8-15,21,24,29H,3,7,16-18H2,1-2H3. The molecule has 7 heteroatoms. The maximum Gasteiger partial charge on any atom is 0.245 e. The Morgan fingerprint density at radius 2 is 1.94 bits per heavy atom. The van der Waals surface area contributed by atoms with Gasteiger partial charge in [-0.3, -0.25) is 5.32 Å². The van der Waals surface area contributed by atoms with E-state index in [1.54, 1.807) is 19.6 Å². The highest BCUT2D eigenvalue weighted by molar-refractivity contribution is 5.92. The second-order valence-corrected chi connectivity index (χ2v) is 8.58. The molecule has 3 heterocycles. The molecule has 1 N–H and O–H groups in total. The minimum absolute atomic E-state index is 0.0467. The van der Waals surface area contributed by atoms with Crippen molar-refractivity contribution in [3.05, 3.63) is 72.6 Å². The van der Waals surface area contributed by atoms with Crippen molar-refractivity contribution in [2.75, 3.05) is 25.1 Å². The Bertz CT molecular complexity index is 1210. The van der Waals surface area contributed by atoms with Crippen LogP contribution in [0.4, 0.5) is 5.69 Å². The van der Waals surface area contributed by atoms with Gasteiger partial charge < -0.3 is 18.8 Å². The quantitative estimate of drug-likeness (QED) is 0.397. The molecule has 0 amide bonds. The molecule has 34 heavy (non-hydrogen) atoms. The number of fused-ring (bicyclic) bond motifs is 1. The van der Waals surface area contributed by atoms with E-state index in [1.165, 1.54) is 0 Å². The van der Waals surface area contributed by atoms with Crippen molar-refractivity contribution in [2.24, 2.45) is 0 Å². The Hall–Kier alpha value is -3.42. The van der Waals surface area contributed by atoms with Crippen LogP contribution in [0.5, 0.6) is 5.75 Å². The molecule has 0 bridgehead atoms. The maximum absolute atomic E-state index is 6.51. The molecule has 0 saturated carbocycles. The van der Waals surface area contributed by atoms with Crippen molar-refractivity contribution in [2.45, 2.75) is 38.6 Å². The summed E-state index contributed by atoms with van der Waals surface area (Å²) in [6.45, 7) is 4.26. The highest BCUT2D eigenvalue weighted by atomic mass is 16.5. The molecule has 2 aromatic carbocycles. The van der Waals surface area contributed by atoms with Gasteiger partial charge in [0.05, 0.1) is 18.4 Å². The molecule has 1 aliphatic heterocycles. The number of methoxy groups -OCH3 is 1. The van der Waals surface area contributed by atoms with Crippen molar-refractivity contribution >= 4 is 16.6 Å². The highest BCUT2D eigenvalue weighted by Crippen LogP contribution is 2.38. The molecule has 1 saturated heterocycles. The number of hydrogen-bond acceptors (Lipinski definition) is 7. The van der Waals surface area contributed by atoms with E-state index in [1.807, 2.05) is 30.3 Å². The molecule has 176 valence electrons. The third-order valence-corrected chi connectivity index (χ3v) is 6.18. The summed E-state index contributed by atoms with van der Waals surface area (Å²) in [5.41, 5.74) is 3.60. The van der Waals surface area contributed by atoms with Gasteiger partial charge in [-0.2, -0.15) is 0 Å². The number of anilines is 1. The van der Waals surface area contributed by atoms with Crippen LogP contribution in [0, 0.1) is 0 Å². The lowest BCUT2D eigenvalue weighted by Crippen LogP contribution is -2.57. The first kappa shape index (κ1) is 22.4. The molecule has 7 nitrogen and oxygen atoms in total. The van der Waals surface area contributed by atoms with Crippen LogP contribution < -0.4 is 15.0 Å². The summed E-state index contributed by atoms with van der Waals surface area (Å²) in [4.78, 5) is 11.6. The van der Waals surface area contributed by atoms with E-state index in [4.69, 9.17) is 18.9 Å².